The summed E-state index contributed by atoms with van der Waals surface area (Å²) in [6.45, 7) is 5.62. The Morgan fingerprint density at radius 2 is 1.71 bits per heavy atom. The minimum atomic E-state index is -1.14. The Morgan fingerprint density at radius 3 is 2.23 bits per heavy atom. The van der Waals surface area contributed by atoms with Gasteiger partial charge in [0.2, 0.25) is 11.8 Å². The van der Waals surface area contributed by atoms with Crippen LogP contribution >= 0.6 is 23.2 Å². The molecule has 35 heavy (non-hydrogen) atoms. The number of rotatable bonds is 9. The summed E-state index contributed by atoms with van der Waals surface area (Å²) in [5.41, 5.74) is 5.47. The first-order valence-corrected chi connectivity index (χ1v) is 12.1. The number of carboxylic acids is 1. The molecular weight excluding hydrogens is 491 g/mol. The number of carbonyl (C=O) groups is 3. The van der Waals surface area contributed by atoms with Gasteiger partial charge in [0.05, 0.1) is 5.41 Å². The van der Waals surface area contributed by atoms with Crippen LogP contribution in [-0.4, -0.2) is 28.9 Å². The van der Waals surface area contributed by atoms with Crippen LogP contribution in [0.5, 0.6) is 5.75 Å². The predicted octanol–water partition coefficient (Wildman–Crippen LogP) is 4.61. The number of nitrogens with two attached hydrogens (primary N) is 1. The van der Waals surface area contributed by atoms with Gasteiger partial charge in [0.1, 0.15) is 18.4 Å². The lowest BCUT2D eigenvalue weighted by Crippen LogP contribution is -2.51. The van der Waals surface area contributed by atoms with Gasteiger partial charge in [0.15, 0.2) is 0 Å². The van der Waals surface area contributed by atoms with Gasteiger partial charge in [-0.05, 0) is 48.1 Å². The Kier molecular flexibility index (Phi) is 8.02. The van der Waals surface area contributed by atoms with Crippen molar-refractivity contribution >= 4 is 41.0 Å². The van der Waals surface area contributed by atoms with E-state index in [4.69, 9.17) is 33.7 Å². The van der Waals surface area contributed by atoms with Gasteiger partial charge in [0.25, 0.3) is 0 Å². The summed E-state index contributed by atoms with van der Waals surface area (Å²) in [6.07, 6.45) is 1.04. The van der Waals surface area contributed by atoms with Gasteiger partial charge in [-0.2, -0.15) is 0 Å². The third-order valence-electron chi connectivity index (χ3n) is 7.51. The lowest BCUT2D eigenvalue weighted by atomic mass is 9.65. The van der Waals surface area contributed by atoms with Crippen LogP contribution in [-0.2, 0) is 27.4 Å². The molecule has 7 nitrogen and oxygen atoms in total. The standard InChI is InChI=1S/C26H30Cl2N2O5/c1-25(2)18(11-12-26(25,3)24(29)34)22(31)30-21(23(32)33)13-15-7-9-16(10-8-15)35-14-17-19(27)5-4-6-20(17)28/h4-10,18,21H,11-14H2,1-3H3,(H2,29,34)(H,30,31)(H,32,33)/t18-,21+,26+/m1/s1. The van der Waals surface area contributed by atoms with Crippen LogP contribution in [0.2, 0.25) is 10.0 Å². The van der Waals surface area contributed by atoms with Crippen molar-refractivity contribution in [1.29, 1.82) is 0 Å². The molecule has 0 aliphatic heterocycles. The number of hydrogen-bond donors (Lipinski definition) is 3. The van der Waals surface area contributed by atoms with Gasteiger partial charge in [0, 0.05) is 27.9 Å². The van der Waals surface area contributed by atoms with Gasteiger partial charge < -0.3 is 20.9 Å². The molecule has 1 aliphatic carbocycles. The summed E-state index contributed by atoms with van der Waals surface area (Å²) in [5.74, 6) is -1.93. The fraction of sp³-hybridized carbons (Fsp3) is 0.423. The minimum absolute atomic E-state index is 0.0952. The molecule has 0 unspecified atom stereocenters. The number of ether oxygens (including phenoxy) is 1. The molecule has 2 aromatic carbocycles. The minimum Gasteiger partial charge on any atom is -0.489 e. The molecule has 188 valence electrons. The van der Waals surface area contributed by atoms with Crippen molar-refractivity contribution in [2.45, 2.75) is 52.7 Å². The highest BCUT2D eigenvalue weighted by Gasteiger charge is 2.57. The maximum atomic E-state index is 13.0. The normalized spacial score (nSPS) is 21.8. The highest BCUT2D eigenvalue weighted by molar-refractivity contribution is 6.35. The quantitative estimate of drug-likeness (QED) is 0.445. The maximum Gasteiger partial charge on any atom is 0.326 e. The van der Waals surface area contributed by atoms with Crippen molar-refractivity contribution in [2.75, 3.05) is 0 Å². The number of hydrogen-bond acceptors (Lipinski definition) is 4. The lowest BCUT2D eigenvalue weighted by Gasteiger charge is -2.39. The first kappa shape index (κ1) is 26.8. The van der Waals surface area contributed by atoms with Crippen LogP contribution in [0.15, 0.2) is 42.5 Å². The van der Waals surface area contributed by atoms with E-state index in [1.54, 1.807) is 49.4 Å². The van der Waals surface area contributed by atoms with Crippen LogP contribution in [0.3, 0.4) is 0 Å². The summed E-state index contributed by atoms with van der Waals surface area (Å²) in [4.78, 5) is 37.0. The monoisotopic (exact) mass is 520 g/mol. The van der Waals surface area contributed by atoms with Crippen molar-refractivity contribution in [2.24, 2.45) is 22.5 Å². The number of primary amides is 1. The third-order valence-corrected chi connectivity index (χ3v) is 8.22. The predicted molar refractivity (Wildman–Crippen MR) is 134 cm³/mol. The summed E-state index contributed by atoms with van der Waals surface area (Å²) >= 11 is 12.3. The Hall–Kier alpha value is -2.77. The molecule has 3 rings (SSSR count). The molecule has 0 saturated heterocycles. The average Bonchev–Trinajstić information content (AvgIpc) is 3.03. The number of nitrogens with one attached hydrogen (secondary N) is 1. The zero-order valence-electron chi connectivity index (χ0n) is 19.9. The molecule has 2 aromatic rings. The molecule has 3 atom stereocenters. The Labute approximate surface area is 214 Å². The summed E-state index contributed by atoms with van der Waals surface area (Å²) in [6, 6.07) is 11.0. The second-order valence-corrected chi connectivity index (χ2v) is 10.6. The fourth-order valence-electron chi connectivity index (χ4n) is 4.66. The van der Waals surface area contributed by atoms with E-state index < -0.39 is 34.7 Å². The van der Waals surface area contributed by atoms with Crippen molar-refractivity contribution in [1.82, 2.24) is 5.32 Å². The van der Waals surface area contributed by atoms with Crippen LogP contribution in [0.4, 0.5) is 0 Å². The van der Waals surface area contributed by atoms with Crippen LogP contribution in [0.25, 0.3) is 0 Å². The molecule has 1 saturated carbocycles. The average molecular weight is 521 g/mol. The molecular formula is C26H30Cl2N2O5. The lowest BCUT2D eigenvalue weighted by molar-refractivity contribution is -0.144. The van der Waals surface area contributed by atoms with Gasteiger partial charge in [-0.15, -0.1) is 0 Å². The van der Waals surface area contributed by atoms with Gasteiger partial charge >= 0.3 is 5.97 Å². The molecule has 0 aromatic heterocycles. The Morgan fingerprint density at radius 1 is 1.11 bits per heavy atom. The van der Waals surface area contributed by atoms with Crippen molar-refractivity contribution in [3.05, 3.63) is 63.6 Å². The molecule has 0 heterocycles. The van der Waals surface area contributed by atoms with E-state index in [1.165, 1.54) is 0 Å². The van der Waals surface area contributed by atoms with Crippen LogP contribution in [0.1, 0.15) is 44.7 Å². The third kappa shape index (κ3) is 5.57. The summed E-state index contributed by atoms with van der Waals surface area (Å²) in [7, 11) is 0. The Bertz CT molecular complexity index is 1100. The molecule has 2 amide bonds. The van der Waals surface area contributed by atoms with Crippen LogP contribution < -0.4 is 15.8 Å². The highest BCUT2D eigenvalue weighted by atomic mass is 35.5. The topological polar surface area (TPSA) is 119 Å². The zero-order valence-corrected chi connectivity index (χ0v) is 21.4. The molecule has 0 radical (unpaired) electrons. The zero-order chi connectivity index (χ0) is 26.0. The van der Waals surface area contributed by atoms with Gasteiger partial charge in [-0.25, -0.2) is 4.79 Å². The highest BCUT2D eigenvalue weighted by Crippen LogP contribution is 2.55. The summed E-state index contributed by atoms with van der Waals surface area (Å²) < 4.78 is 5.76. The van der Waals surface area contributed by atoms with E-state index >= 15 is 0 Å². The number of benzene rings is 2. The van der Waals surface area contributed by atoms with E-state index in [-0.39, 0.29) is 18.9 Å². The Balaban J connectivity index is 1.64. The number of carboxylic acid groups (broad SMARTS) is 1. The number of amides is 2. The van der Waals surface area contributed by atoms with E-state index in [9.17, 15) is 19.5 Å². The molecule has 9 heteroatoms. The SMILES string of the molecule is CC1(C)[C@@H](C(=O)N[C@@H](Cc2ccc(OCc3c(Cl)cccc3Cl)cc2)C(=O)O)CC[C@@]1(C)C(N)=O. The number of carbonyl (C=O) groups excluding carboxylic acids is 2. The first-order valence-electron chi connectivity index (χ1n) is 11.3. The second kappa shape index (κ2) is 10.5. The number of aliphatic carboxylic acids is 1. The van der Waals surface area contributed by atoms with Crippen molar-refractivity contribution < 1.29 is 24.2 Å². The van der Waals surface area contributed by atoms with Gasteiger partial charge in [-0.1, -0.05) is 62.2 Å². The van der Waals surface area contributed by atoms with Crippen molar-refractivity contribution in [3.8, 4) is 5.75 Å². The van der Waals surface area contributed by atoms with Gasteiger partial charge in [-0.3, -0.25) is 9.59 Å². The molecule has 1 fully saturated rings. The molecule has 1 aliphatic rings. The largest absolute Gasteiger partial charge is 0.489 e. The van der Waals surface area contributed by atoms with E-state index in [2.05, 4.69) is 5.32 Å². The van der Waals surface area contributed by atoms with Crippen LogP contribution in [0, 0.1) is 16.7 Å². The number of halogens is 2. The second-order valence-electron chi connectivity index (χ2n) is 9.75. The van der Waals surface area contributed by atoms with E-state index in [0.29, 0.717) is 39.8 Å². The molecule has 0 bridgehead atoms. The first-order chi connectivity index (χ1) is 16.4. The smallest absolute Gasteiger partial charge is 0.326 e. The van der Waals surface area contributed by atoms with E-state index in [0.717, 1.165) is 0 Å². The molecule has 4 N–H and O–H groups in total. The molecule has 0 spiro atoms. The van der Waals surface area contributed by atoms with E-state index in [1.807, 2.05) is 13.8 Å². The summed E-state index contributed by atoms with van der Waals surface area (Å²) in [5, 5.41) is 13.4. The maximum absolute atomic E-state index is 13.0. The fourth-order valence-corrected chi connectivity index (χ4v) is 5.16. The van der Waals surface area contributed by atoms with Crippen molar-refractivity contribution in [3.63, 3.8) is 0 Å².